The normalized spacial score (nSPS) is 11.9. The van der Waals surface area contributed by atoms with Crippen molar-refractivity contribution in [3.8, 4) is 0 Å². The van der Waals surface area contributed by atoms with Gasteiger partial charge in [0.1, 0.15) is 6.04 Å². The number of nitrogens with two attached hydrogens (primary N) is 1. The minimum atomic E-state index is -3.87. The quantitative estimate of drug-likeness (QED) is 0.334. The summed E-state index contributed by atoms with van der Waals surface area (Å²) in [6.45, 7) is 0.385. The molecule has 0 aromatic heterocycles. The van der Waals surface area contributed by atoms with Crippen LogP contribution in [-0.2, 0) is 24.4 Å². The molecular formula is C14H18N4O7S. The van der Waals surface area contributed by atoms with Crippen LogP contribution in [0.25, 0.3) is 0 Å². The van der Waals surface area contributed by atoms with Gasteiger partial charge in [-0.1, -0.05) is 0 Å². The van der Waals surface area contributed by atoms with Gasteiger partial charge in [-0.25, -0.2) is 13.6 Å². The van der Waals surface area contributed by atoms with Crippen LogP contribution in [0.3, 0.4) is 0 Å². The lowest BCUT2D eigenvalue weighted by Gasteiger charge is -2.10. The lowest BCUT2D eigenvalue weighted by Crippen LogP contribution is -2.45. The fourth-order valence-corrected chi connectivity index (χ4v) is 2.17. The van der Waals surface area contributed by atoms with E-state index in [4.69, 9.17) is 10.2 Å². The second-order valence-electron chi connectivity index (χ2n) is 5.16. The summed E-state index contributed by atoms with van der Waals surface area (Å²) in [5.74, 6) is -3.22. The molecule has 0 radical (unpaired) electrons. The molecule has 0 unspecified atom stereocenters. The highest BCUT2D eigenvalue weighted by Crippen LogP contribution is 2.08. The Morgan fingerprint density at radius 2 is 1.58 bits per heavy atom. The molecular weight excluding hydrogens is 368 g/mol. The smallest absolute Gasteiger partial charge is 0.325 e. The van der Waals surface area contributed by atoms with E-state index in [9.17, 15) is 27.6 Å². The summed E-state index contributed by atoms with van der Waals surface area (Å²) in [7, 11) is -3.87. The zero-order chi connectivity index (χ0) is 19.9. The number of aliphatic carboxylic acids is 1. The summed E-state index contributed by atoms with van der Waals surface area (Å²) in [5.41, 5.74) is 0.109. The SMILES string of the molecule is C[C@H](NC(=O)CNC(=O)CNC(=O)c1ccc(S(N)(=O)=O)cc1)C(=O)O. The van der Waals surface area contributed by atoms with Crippen molar-refractivity contribution < 1.29 is 32.7 Å². The fourth-order valence-electron chi connectivity index (χ4n) is 1.65. The van der Waals surface area contributed by atoms with E-state index < -0.39 is 52.8 Å². The van der Waals surface area contributed by atoms with Gasteiger partial charge in [-0.15, -0.1) is 0 Å². The van der Waals surface area contributed by atoms with Crippen molar-refractivity contribution in [3.05, 3.63) is 29.8 Å². The number of carbonyl (C=O) groups excluding carboxylic acids is 3. The van der Waals surface area contributed by atoms with Gasteiger partial charge < -0.3 is 21.1 Å². The second kappa shape index (κ2) is 8.92. The van der Waals surface area contributed by atoms with Crippen molar-refractivity contribution >= 4 is 33.7 Å². The molecule has 12 heteroatoms. The van der Waals surface area contributed by atoms with Gasteiger partial charge in [0, 0.05) is 5.56 Å². The van der Waals surface area contributed by atoms with Crippen LogP contribution in [0, 0.1) is 0 Å². The van der Waals surface area contributed by atoms with E-state index in [0.717, 1.165) is 12.1 Å². The van der Waals surface area contributed by atoms with E-state index in [1.165, 1.54) is 19.1 Å². The Bertz CT molecular complexity index is 805. The highest BCUT2D eigenvalue weighted by Gasteiger charge is 2.15. The Labute approximate surface area is 149 Å². The largest absolute Gasteiger partial charge is 0.480 e. The van der Waals surface area contributed by atoms with Crippen LogP contribution >= 0.6 is 0 Å². The van der Waals surface area contributed by atoms with E-state index in [1.807, 2.05) is 0 Å². The molecule has 11 nitrogen and oxygen atoms in total. The zero-order valence-electron chi connectivity index (χ0n) is 13.7. The predicted molar refractivity (Wildman–Crippen MR) is 88.4 cm³/mol. The molecule has 1 atom stereocenters. The van der Waals surface area contributed by atoms with Crippen LogP contribution in [0.4, 0.5) is 0 Å². The van der Waals surface area contributed by atoms with Crippen LogP contribution in [0.15, 0.2) is 29.2 Å². The maximum absolute atomic E-state index is 11.9. The lowest BCUT2D eigenvalue weighted by molar-refractivity contribution is -0.141. The number of rotatable bonds is 8. The van der Waals surface area contributed by atoms with Crippen LogP contribution in [0.5, 0.6) is 0 Å². The molecule has 1 aromatic carbocycles. The van der Waals surface area contributed by atoms with Gasteiger partial charge >= 0.3 is 5.97 Å². The van der Waals surface area contributed by atoms with Gasteiger partial charge in [-0.05, 0) is 31.2 Å². The molecule has 6 N–H and O–H groups in total. The number of hydrogen-bond acceptors (Lipinski definition) is 6. The Balaban J connectivity index is 2.43. The highest BCUT2D eigenvalue weighted by atomic mass is 32.2. The van der Waals surface area contributed by atoms with Gasteiger partial charge in [0.2, 0.25) is 21.8 Å². The van der Waals surface area contributed by atoms with Gasteiger partial charge in [0.15, 0.2) is 0 Å². The Morgan fingerprint density at radius 1 is 1.04 bits per heavy atom. The zero-order valence-corrected chi connectivity index (χ0v) is 14.5. The number of carboxylic acid groups (broad SMARTS) is 1. The maximum atomic E-state index is 11.9. The van der Waals surface area contributed by atoms with E-state index in [1.54, 1.807) is 0 Å². The minimum absolute atomic E-state index is 0.109. The summed E-state index contributed by atoms with van der Waals surface area (Å²) in [6.07, 6.45) is 0. The third-order valence-corrected chi connectivity index (χ3v) is 3.98. The van der Waals surface area contributed by atoms with Crippen LogP contribution < -0.4 is 21.1 Å². The molecule has 0 aliphatic heterocycles. The third kappa shape index (κ3) is 6.86. The number of amides is 3. The van der Waals surface area contributed by atoms with Gasteiger partial charge in [0.05, 0.1) is 18.0 Å². The number of primary sulfonamides is 1. The average Bonchev–Trinajstić information content (AvgIpc) is 2.57. The molecule has 142 valence electrons. The van der Waals surface area contributed by atoms with Gasteiger partial charge in [0.25, 0.3) is 5.91 Å². The first-order valence-electron chi connectivity index (χ1n) is 7.20. The molecule has 1 rings (SSSR count). The van der Waals surface area contributed by atoms with E-state index in [-0.39, 0.29) is 10.5 Å². The van der Waals surface area contributed by atoms with Crippen LogP contribution in [0.1, 0.15) is 17.3 Å². The van der Waals surface area contributed by atoms with Crippen molar-refractivity contribution in [1.29, 1.82) is 0 Å². The number of carboxylic acids is 1. The molecule has 0 bridgehead atoms. The van der Waals surface area contributed by atoms with Crippen molar-refractivity contribution in [2.75, 3.05) is 13.1 Å². The van der Waals surface area contributed by atoms with Crippen LogP contribution in [-0.4, -0.2) is 56.3 Å². The fraction of sp³-hybridized carbons (Fsp3) is 0.286. The van der Waals surface area contributed by atoms with Crippen molar-refractivity contribution in [3.63, 3.8) is 0 Å². The number of carbonyl (C=O) groups is 4. The van der Waals surface area contributed by atoms with Crippen LogP contribution in [0.2, 0.25) is 0 Å². The summed E-state index contributed by atoms with van der Waals surface area (Å²) in [5, 5.41) is 20.2. The standard InChI is InChI=1S/C14H18N4O7S/c1-8(14(22)23)18-12(20)7-16-11(19)6-17-13(21)9-2-4-10(5-3-9)26(15,24)25/h2-5,8H,6-7H2,1H3,(H,16,19)(H,17,21)(H,18,20)(H,22,23)(H2,15,24,25)/t8-/m0/s1. The van der Waals surface area contributed by atoms with Gasteiger partial charge in [-0.2, -0.15) is 0 Å². The van der Waals surface area contributed by atoms with Crippen molar-refractivity contribution in [2.24, 2.45) is 5.14 Å². The molecule has 26 heavy (non-hydrogen) atoms. The van der Waals surface area contributed by atoms with Crippen molar-refractivity contribution in [1.82, 2.24) is 16.0 Å². The Morgan fingerprint density at radius 3 is 2.08 bits per heavy atom. The molecule has 0 saturated heterocycles. The van der Waals surface area contributed by atoms with E-state index in [2.05, 4.69) is 16.0 Å². The van der Waals surface area contributed by atoms with E-state index >= 15 is 0 Å². The minimum Gasteiger partial charge on any atom is -0.480 e. The summed E-state index contributed by atoms with van der Waals surface area (Å²) in [6, 6.07) is 3.66. The Hall–Kier alpha value is -2.99. The number of sulfonamides is 1. The topological polar surface area (TPSA) is 185 Å². The molecule has 3 amide bonds. The van der Waals surface area contributed by atoms with Gasteiger partial charge in [-0.3, -0.25) is 19.2 Å². The highest BCUT2D eigenvalue weighted by molar-refractivity contribution is 7.89. The molecule has 0 aliphatic carbocycles. The molecule has 0 spiro atoms. The average molecular weight is 386 g/mol. The summed E-state index contributed by atoms with van der Waals surface area (Å²) in [4.78, 5) is 45.2. The first-order chi connectivity index (χ1) is 12.0. The monoisotopic (exact) mass is 386 g/mol. The van der Waals surface area contributed by atoms with E-state index in [0.29, 0.717) is 0 Å². The molecule has 0 heterocycles. The second-order valence-corrected chi connectivity index (χ2v) is 6.72. The summed E-state index contributed by atoms with van der Waals surface area (Å²) >= 11 is 0. The first kappa shape index (κ1) is 21.1. The molecule has 0 fully saturated rings. The third-order valence-electron chi connectivity index (χ3n) is 3.05. The lowest BCUT2D eigenvalue weighted by atomic mass is 10.2. The molecule has 0 aliphatic rings. The number of nitrogens with one attached hydrogen (secondary N) is 3. The molecule has 0 saturated carbocycles. The number of hydrogen-bond donors (Lipinski definition) is 5. The summed E-state index contributed by atoms with van der Waals surface area (Å²) < 4.78 is 22.2. The predicted octanol–water partition coefficient (Wildman–Crippen LogP) is -2.23. The number of benzene rings is 1. The Kier molecular flexibility index (Phi) is 7.22. The maximum Gasteiger partial charge on any atom is 0.325 e. The first-order valence-corrected chi connectivity index (χ1v) is 8.75. The van der Waals surface area contributed by atoms with Crippen molar-refractivity contribution in [2.45, 2.75) is 17.9 Å². The molecule has 1 aromatic rings.